The number of hydrazone groups is 1. The van der Waals surface area contributed by atoms with Gasteiger partial charge in [-0.25, -0.2) is 0 Å². The minimum absolute atomic E-state index is 0.0997. The third-order valence-corrected chi connectivity index (χ3v) is 2.55. The number of carbonyl (C=O) groups excluding carboxylic acids is 1. The summed E-state index contributed by atoms with van der Waals surface area (Å²) in [5.74, 6) is 0.0997. The Balaban J connectivity index is 2.21. The molecule has 0 bridgehead atoms. The number of nitrogens with zero attached hydrogens (tertiary/aromatic N) is 2. The van der Waals surface area contributed by atoms with E-state index < -0.39 is 0 Å². The number of rotatable bonds is 2. The molecule has 1 aliphatic rings. The van der Waals surface area contributed by atoms with Gasteiger partial charge in [-0.15, -0.1) is 0 Å². The summed E-state index contributed by atoms with van der Waals surface area (Å²) in [6.07, 6.45) is 1.02. The molecule has 0 aromatic heterocycles. The molecule has 2 rings (SSSR count). The SMILES string of the molecule is CC(=O)c1ccc(N2CCC(C)=N2)cc1. The van der Waals surface area contributed by atoms with Crippen LogP contribution in [0.4, 0.5) is 5.69 Å². The summed E-state index contributed by atoms with van der Waals surface area (Å²) in [6.45, 7) is 4.54. The number of hydrogen-bond donors (Lipinski definition) is 0. The highest BCUT2D eigenvalue weighted by Crippen LogP contribution is 2.19. The summed E-state index contributed by atoms with van der Waals surface area (Å²) in [4.78, 5) is 11.1. The van der Waals surface area contributed by atoms with Crippen LogP contribution >= 0.6 is 0 Å². The van der Waals surface area contributed by atoms with Gasteiger partial charge in [-0.2, -0.15) is 5.10 Å². The standard InChI is InChI=1S/C12H14N2O/c1-9-7-8-14(13-9)12-5-3-11(4-6-12)10(2)15/h3-6H,7-8H2,1-2H3. The predicted octanol–water partition coefficient (Wildman–Crippen LogP) is 2.48. The summed E-state index contributed by atoms with van der Waals surface area (Å²) < 4.78 is 0. The third-order valence-electron chi connectivity index (χ3n) is 2.55. The van der Waals surface area contributed by atoms with Crippen LogP contribution in [0.5, 0.6) is 0 Å². The van der Waals surface area contributed by atoms with E-state index in [1.54, 1.807) is 6.92 Å². The van der Waals surface area contributed by atoms with E-state index in [2.05, 4.69) is 5.10 Å². The summed E-state index contributed by atoms with van der Waals surface area (Å²) in [6, 6.07) is 7.58. The lowest BCUT2D eigenvalue weighted by molar-refractivity contribution is 0.101. The van der Waals surface area contributed by atoms with E-state index in [0.29, 0.717) is 0 Å². The molecule has 0 atom stereocenters. The summed E-state index contributed by atoms with van der Waals surface area (Å²) in [5.41, 5.74) is 2.96. The van der Waals surface area contributed by atoms with E-state index in [0.717, 1.165) is 29.9 Å². The van der Waals surface area contributed by atoms with Gasteiger partial charge in [-0.1, -0.05) is 0 Å². The van der Waals surface area contributed by atoms with Crippen molar-refractivity contribution in [2.24, 2.45) is 5.10 Å². The van der Waals surface area contributed by atoms with E-state index >= 15 is 0 Å². The van der Waals surface area contributed by atoms with Gasteiger partial charge in [0.2, 0.25) is 0 Å². The van der Waals surface area contributed by atoms with E-state index in [1.165, 1.54) is 0 Å². The lowest BCUT2D eigenvalue weighted by atomic mass is 10.1. The van der Waals surface area contributed by atoms with Gasteiger partial charge in [0, 0.05) is 24.2 Å². The zero-order chi connectivity index (χ0) is 10.8. The van der Waals surface area contributed by atoms with E-state index in [-0.39, 0.29) is 5.78 Å². The normalized spacial score (nSPS) is 15.3. The highest BCUT2D eigenvalue weighted by molar-refractivity contribution is 5.94. The molecule has 0 aliphatic carbocycles. The van der Waals surface area contributed by atoms with Crippen LogP contribution in [0.25, 0.3) is 0 Å². The average Bonchev–Trinajstić information content (AvgIpc) is 2.65. The minimum atomic E-state index is 0.0997. The van der Waals surface area contributed by atoms with Crippen LogP contribution in [0.3, 0.4) is 0 Å². The zero-order valence-electron chi connectivity index (χ0n) is 9.03. The molecule has 0 unspecified atom stereocenters. The molecular weight excluding hydrogens is 188 g/mol. The monoisotopic (exact) mass is 202 g/mol. The van der Waals surface area contributed by atoms with Gasteiger partial charge in [0.1, 0.15) is 0 Å². The second-order valence-electron chi connectivity index (χ2n) is 3.81. The van der Waals surface area contributed by atoms with Gasteiger partial charge in [0.25, 0.3) is 0 Å². The van der Waals surface area contributed by atoms with E-state index in [9.17, 15) is 4.79 Å². The Hall–Kier alpha value is -1.64. The molecule has 0 saturated heterocycles. The second kappa shape index (κ2) is 3.85. The maximum Gasteiger partial charge on any atom is 0.159 e. The molecule has 1 heterocycles. The highest BCUT2D eigenvalue weighted by Gasteiger charge is 2.12. The Morgan fingerprint density at radius 2 is 2.00 bits per heavy atom. The Bertz CT molecular complexity index is 406. The maximum atomic E-state index is 11.1. The van der Waals surface area contributed by atoms with Crippen LogP contribution in [0, 0.1) is 0 Å². The van der Waals surface area contributed by atoms with E-state index in [1.807, 2.05) is 36.2 Å². The number of ketones is 1. The van der Waals surface area contributed by atoms with Crippen LogP contribution in [0.2, 0.25) is 0 Å². The van der Waals surface area contributed by atoms with Gasteiger partial charge < -0.3 is 0 Å². The molecule has 3 heteroatoms. The molecule has 1 aromatic carbocycles. The summed E-state index contributed by atoms with van der Waals surface area (Å²) in [7, 11) is 0. The van der Waals surface area contributed by atoms with Crippen molar-refractivity contribution in [1.82, 2.24) is 0 Å². The van der Waals surface area contributed by atoms with Crippen molar-refractivity contribution >= 4 is 17.2 Å². The molecule has 1 aromatic rings. The predicted molar refractivity (Wildman–Crippen MR) is 61.5 cm³/mol. The van der Waals surface area contributed by atoms with Crippen LogP contribution < -0.4 is 5.01 Å². The van der Waals surface area contributed by atoms with Crippen molar-refractivity contribution < 1.29 is 4.79 Å². The van der Waals surface area contributed by atoms with Crippen LogP contribution in [-0.2, 0) is 0 Å². The highest BCUT2D eigenvalue weighted by atomic mass is 16.1. The number of hydrogen-bond acceptors (Lipinski definition) is 3. The molecule has 0 N–H and O–H groups in total. The van der Waals surface area contributed by atoms with Crippen molar-refractivity contribution in [1.29, 1.82) is 0 Å². The van der Waals surface area contributed by atoms with Crippen LogP contribution in [0.1, 0.15) is 30.6 Å². The largest absolute Gasteiger partial charge is 0.295 e. The third kappa shape index (κ3) is 2.06. The van der Waals surface area contributed by atoms with Gasteiger partial charge in [0.05, 0.1) is 5.69 Å². The smallest absolute Gasteiger partial charge is 0.159 e. The van der Waals surface area contributed by atoms with Crippen LogP contribution in [0.15, 0.2) is 29.4 Å². The van der Waals surface area contributed by atoms with Crippen molar-refractivity contribution in [3.8, 4) is 0 Å². The topological polar surface area (TPSA) is 32.7 Å². The first kappa shape index (κ1) is 9.90. The van der Waals surface area contributed by atoms with Gasteiger partial charge in [-0.3, -0.25) is 9.80 Å². The van der Waals surface area contributed by atoms with Gasteiger partial charge >= 0.3 is 0 Å². The number of carbonyl (C=O) groups is 1. The first-order valence-electron chi connectivity index (χ1n) is 5.09. The maximum absolute atomic E-state index is 11.1. The Kier molecular flexibility index (Phi) is 2.54. The van der Waals surface area contributed by atoms with Crippen molar-refractivity contribution in [3.63, 3.8) is 0 Å². The average molecular weight is 202 g/mol. The molecule has 0 amide bonds. The summed E-state index contributed by atoms with van der Waals surface area (Å²) >= 11 is 0. The lowest BCUT2D eigenvalue weighted by Gasteiger charge is -2.13. The molecule has 15 heavy (non-hydrogen) atoms. The number of anilines is 1. The lowest BCUT2D eigenvalue weighted by Crippen LogP contribution is -2.11. The Morgan fingerprint density at radius 3 is 2.47 bits per heavy atom. The summed E-state index contributed by atoms with van der Waals surface area (Å²) in [5, 5.41) is 6.37. The molecule has 0 spiro atoms. The molecule has 1 aliphatic heterocycles. The van der Waals surface area contributed by atoms with Crippen molar-refractivity contribution in [3.05, 3.63) is 29.8 Å². The Morgan fingerprint density at radius 1 is 1.33 bits per heavy atom. The van der Waals surface area contributed by atoms with Crippen LogP contribution in [-0.4, -0.2) is 18.0 Å². The second-order valence-corrected chi connectivity index (χ2v) is 3.81. The fourth-order valence-corrected chi connectivity index (χ4v) is 1.63. The molecule has 0 fully saturated rings. The van der Waals surface area contributed by atoms with Crippen molar-refractivity contribution in [2.45, 2.75) is 20.3 Å². The fraction of sp³-hybridized carbons (Fsp3) is 0.333. The number of benzene rings is 1. The first-order chi connectivity index (χ1) is 7.16. The Labute approximate surface area is 89.4 Å². The molecule has 78 valence electrons. The van der Waals surface area contributed by atoms with E-state index in [4.69, 9.17) is 0 Å². The zero-order valence-corrected chi connectivity index (χ0v) is 9.03. The first-order valence-corrected chi connectivity index (χ1v) is 5.09. The molecule has 0 radical (unpaired) electrons. The quantitative estimate of drug-likeness (QED) is 0.690. The molecule has 0 saturated carbocycles. The van der Waals surface area contributed by atoms with Crippen molar-refractivity contribution in [2.75, 3.05) is 11.6 Å². The molecule has 3 nitrogen and oxygen atoms in total. The minimum Gasteiger partial charge on any atom is -0.295 e. The van der Waals surface area contributed by atoms with Gasteiger partial charge in [0.15, 0.2) is 5.78 Å². The fourth-order valence-electron chi connectivity index (χ4n) is 1.63. The van der Waals surface area contributed by atoms with Gasteiger partial charge in [-0.05, 0) is 38.1 Å². The molecular formula is C12H14N2O. The number of Topliss-reactive ketones (excluding diaryl/α,β-unsaturated/α-hetero) is 1.